The van der Waals surface area contributed by atoms with E-state index in [1.54, 1.807) is 0 Å². The van der Waals surface area contributed by atoms with Crippen LogP contribution in [0.2, 0.25) is 0 Å². The highest BCUT2D eigenvalue weighted by Crippen LogP contribution is 2.09. The lowest BCUT2D eigenvalue weighted by molar-refractivity contribution is 0.224. The molecular formula is C18H25N3. The van der Waals surface area contributed by atoms with Crippen LogP contribution in [-0.4, -0.2) is 42.0 Å². The van der Waals surface area contributed by atoms with Crippen LogP contribution < -0.4 is 0 Å². The molecule has 0 spiro atoms. The predicted octanol–water partition coefficient (Wildman–Crippen LogP) is 2.95. The van der Waals surface area contributed by atoms with E-state index < -0.39 is 0 Å². The molecule has 1 heterocycles. The van der Waals surface area contributed by atoms with Crippen LogP contribution >= 0.6 is 0 Å². The standard InChI is InChI=1S/C18H25N3/c1-16-8-7-11-18(19-16)15-21(13-12-20(2)3)14-17-9-5-4-6-10-17/h4-11H,12-15H2,1-3H3. The van der Waals surface area contributed by atoms with Gasteiger partial charge in [-0.1, -0.05) is 36.4 Å². The van der Waals surface area contributed by atoms with E-state index in [-0.39, 0.29) is 0 Å². The third-order valence-electron chi connectivity index (χ3n) is 3.44. The van der Waals surface area contributed by atoms with E-state index in [1.165, 1.54) is 5.56 Å². The molecule has 0 aliphatic rings. The molecule has 1 aromatic carbocycles. The van der Waals surface area contributed by atoms with Crippen molar-refractivity contribution >= 4 is 0 Å². The van der Waals surface area contributed by atoms with Gasteiger partial charge in [-0.05, 0) is 38.7 Å². The lowest BCUT2D eigenvalue weighted by Crippen LogP contribution is -2.31. The van der Waals surface area contributed by atoms with Gasteiger partial charge in [0, 0.05) is 31.9 Å². The Hall–Kier alpha value is -1.71. The third-order valence-corrected chi connectivity index (χ3v) is 3.44. The Morgan fingerprint density at radius 3 is 2.29 bits per heavy atom. The number of benzene rings is 1. The van der Waals surface area contributed by atoms with E-state index in [4.69, 9.17) is 0 Å². The maximum Gasteiger partial charge on any atom is 0.0547 e. The second-order valence-corrected chi connectivity index (χ2v) is 5.77. The summed E-state index contributed by atoms with van der Waals surface area (Å²) in [5.74, 6) is 0. The van der Waals surface area contributed by atoms with Crippen molar-refractivity contribution in [2.45, 2.75) is 20.0 Å². The van der Waals surface area contributed by atoms with Crippen LogP contribution in [0.25, 0.3) is 0 Å². The Labute approximate surface area is 128 Å². The molecule has 0 fully saturated rings. The molecule has 3 heteroatoms. The number of hydrogen-bond donors (Lipinski definition) is 0. The number of hydrogen-bond acceptors (Lipinski definition) is 3. The summed E-state index contributed by atoms with van der Waals surface area (Å²) in [5, 5.41) is 0. The van der Waals surface area contributed by atoms with Crippen molar-refractivity contribution in [2.75, 3.05) is 27.2 Å². The summed E-state index contributed by atoms with van der Waals surface area (Å²) in [4.78, 5) is 9.31. The molecule has 0 atom stereocenters. The summed E-state index contributed by atoms with van der Waals surface area (Å²) in [7, 11) is 4.23. The summed E-state index contributed by atoms with van der Waals surface area (Å²) in [5.41, 5.74) is 3.58. The van der Waals surface area contributed by atoms with Crippen LogP contribution in [0.15, 0.2) is 48.5 Å². The lowest BCUT2D eigenvalue weighted by Gasteiger charge is -2.24. The zero-order valence-electron chi connectivity index (χ0n) is 13.3. The summed E-state index contributed by atoms with van der Waals surface area (Å²) in [6, 6.07) is 16.9. The van der Waals surface area contributed by atoms with Crippen LogP contribution in [0.3, 0.4) is 0 Å². The largest absolute Gasteiger partial charge is 0.308 e. The molecule has 0 aliphatic carbocycles. The molecule has 2 aromatic rings. The zero-order valence-corrected chi connectivity index (χ0v) is 13.3. The number of nitrogens with zero attached hydrogens (tertiary/aromatic N) is 3. The van der Waals surface area contributed by atoms with Gasteiger partial charge in [0.05, 0.1) is 5.69 Å². The van der Waals surface area contributed by atoms with E-state index in [2.05, 4.69) is 71.3 Å². The van der Waals surface area contributed by atoms with E-state index >= 15 is 0 Å². The van der Waals surface area contributed by atoms with Gasteiger partial charge in [-0.25, -0.2) is 0 Å². The third kappa shape index (κ3) is 5.66. The van der Waals surface area contributed by atoms with Crippen LogP contribution in [0, 0.1) is 6.92 Å². The molecule has 0 saturated heterocycles. The van der Waals surface area contributed by atoms with Crippen molar-refractivity contribution < 1.29 is 0 Å². The minimum absolute atomic E-state index is 0.893. The van der Waals surface area contributed by atoms with Gasteiger partial charge in [-0.15, -0.1) is 0 Å². The van der Waals surface area contributed by atoms with Gasteiger partial charge in [0.25, 0.3) is 0 Å². The van der Waals surface area contributed by atoms with Crippen molar-refractivity contribution in [3.05, 3.63) is 65.5 Å². The molecule has 0 unspecified atom stereocenters. The first-order chi connectivity index (χ1) is 10.1. The van der Waals surface area contributed by atoms with Gasteiger partial charge >= 0.3 is 0 Å². The van der Waals surface area contributed by atoms with Crippen molar-refractivity contribution in [2.24, 2.45) is 0 Å². The fourth-order valence-corrected chi connectivity index (χ4v) is 2.31. The zero-order chi connectivity index (χ0) is 15.1. The molecule has 3 nitrogen and oxygen atoms in total. The summed E-state index contributed by atoms with van der Waals surface area (Å²) in [6.07, 6.45) is 0. The van der Waals surface area contributed by atoms with Gasteiger partial charge < -0.3 is 4.90 Å². The molecule has 0 radical (unpaired) electrons. The minimum Gasteiger partial charge on any atom is -0.308 e. The second-order valence-electron chi connectivity index (χ2n) is 5.77. The van der Waals surface area contributed by atoms with E-state index in [0.29, 0.717) is 0 Å². The monoisotopic (exact) mass is 283 g/mol. The Balaban J connectivity index is 2.04. The highest BCUT2D eigenvalue weighted by atomic mass is 15.2. The molecule has 0 bridgehead atoms. The predicted molar refractivity (Wildman–Crippen MR) is 88.1 cm³/mol. The molecule has 0 N–H and O–H groups in total. The van der Waals surface area contributed by atoms with Gasteiger partial charge in [-0.2, -0.15) is 0 Å². The minimum atomic E-state index is 0.893. The van der Waals surface area contributed by atoms with Crippen molar-refractivity contribution in [1.29, 1.82) is 0 Å². The quantitative estimate of drug-likeness (QED) is 0.779. The maximum absolute atomic E-state index is 4.63. The number of likely N-dealkylation sites (N-methyl/N-ethyl adjacent to an activating group) is 1. The van der Waals surface area contributed by atoms with Crippen LogP contribution in [0.4, 0.5) is 0 Å². The number of pyridine rings is 1. The fraction of sp³-hybridized carbons (Fsp3) is 0.389. The highest BCUT2D eigenvalue weighted by Gasteiger charge is 2.08. The Kier molecular flexibility index (Phi) is 5.90. The summed E-state index contributed by atoms with van der Waals surface area (Å²) in [6.45, 7) is 6.00. The van der Waals surface area contributed by atoms with Crippen LogP contribution in [0.5, 0.6) is 0 Å². The average Bonchev–Trinajstić information content (AvgIpc) is 2.46. The van der Waals surface area contributed by atoms with Gasteiger partial charge in [0.1, 0.15) is 0 Å². The first kappa shape index (κ1) is 15.7. The van der Waals surface area contributed by atoms with E-state index in [1.807, 2.05) is 13.0 Å². The lowest BCUT2D eigenvalue weighted by atomic mass is 10.2. The van der Waals surface area contributed by atoms with Crippen molar-refractivity contribution in [1.82, 2.24) is 14.8 Å². The van der Waals surface area contributed by atoms with Gasteiger partial charge in [0.2, 0.25) is 0 Å². The molecule has 0 saturated carbocycles. The van der Waals surface area contributed by atoms with E-state index in [9.17, 15) is 0 Å². The van der Waals surface area contributed by atoms with Crippen LogP contribution in [-0.2, 0) is 13.1 Å². The van der Waals surface area contributed by atoms with Crippen molar-refractivity contribution in [3.8, 4) is 0 Å². The Bertz CT molecular complexity index is 537. The number of aryl methyl sites for hydroxylation is 1. The molecule has 21 heavy (non-hydrogen) atoms. The first-order valence-electron chi connectivity index (χ1n) is 7.47. The molecule has 0 aliphatic heterocycles. The molecule has 2 rings (SSSR count). The topological polar surface area (TPSA) is 19.4 Å². The molecule has 1 aromatic heterocycles. The van der Waals surface area contributed by atoms with Crippen LogP contribution in [0.1, 0.15) is 17.0 Å². The summed E-state index contributed by atoms with van der Waals surface area (Å²) >= 11 is 0. The molecule has 112 valence electrons. The van der Waals surface area contributed by atoms with Crippen molar-refractivity contribution in [3.63, 3.8) is 0 Å². The normalized spacial score (nSPS) is 11.3. The molecule has 0 amide bonds. The molecular weight excluding hydrogens is 258 g/mol. The first-order valence-corrected chi connectivity index (χ1v) is 7.47. The second kappa shape index (κ2) is 7.91. The average molecular weight is 283 g/mol. The Morgan fingerprint density at radius 1 is 0.857 bits per heavy atom. The SMILES string of the molecule is Cc1cccc(CN(CCN(C)C)Cc2ccccc2)n1. The number of rotatable bonds is 7. The highest BCUT2D eigenvalue weighted by molar-refractivity contribution is 5.15. The summed E-state index contributed by atoms with van der Waals surface area (Å²) < 4.78 is 0. The fourth-order valence-electron chi connectivity index (χ4n) is 2.31. The number of aromatic nitrogens is 1. The van der Waals surface area contributed by atoms with Gasteiger partial charge in [0.15, 0.2) is 0 Å². The van der Waals surface area contributed by atoms with E-state index in [0.717, 1.165) is 37.6 Å². The smallest absolute Gasteiger partial charge is 0.0547 e. The Morgan fingerprint density at radius 2 is 1.62 bits per heavy atom. The maximum atomic E-state index is 4.63. The van der Waals surface area contributed by atoms with Gasteiger partial charge in [-0.3, -0.25) is 9.88 Å².